The van der Waals surface area contributed by atoms with Gasteiger partial charge in [0.05, 0.1) is 13.2 Å². The fraction of sp³-hybridized carbons (Fsp3) is 0.462. The number of morpholine rings is 1. The van der Waals surface area contributed by atoms with Crippen LogP contribution in [0.15, 0.2) is 24.3 Å². The largest absolute Gasteiger partial charge is 0.378 e. The summed E-state index contributed by atoms with van der Waals surface area (Å²) < 4.78 is 5.32. The Balaban J connectivity index is 2.18. The van der Waals surface area contributed by atoms with E-state index in [1.54, 1.807) is 19.0 Å². The van der Waals surface area contributed by atoms with Crippen LogP contribution in [-0.2, 0) is 4.74 Å². The van der Waals surface area contributed by atoms with Crippen molar-refractivity contribution in [2.24, 2.45) is 0 Å². The highest BCUT2D eigenvalue weighted by atomic mass is 16.5. The average Bonchev–Trinajstić information content (AvgIpc) is 2.39. The Morgan fingerprint density at radius 2 is 2.00 bits per heavy atom. The molecule has 0 N–H and O–H groups in total. The molecule has 1 aliphatic heterocycles. The van der Waals surface area contributed by atoms with E-state index in [0.717, 1.165) is 37.6 Å². The predicted octanol–water partition coefficient (Wildman–Crippen LogP) is 1.22. The summed E-state index contributed by atoms with van der Waals surface area (Å²) in [6.07, 6.45) is 0. The molecule has 17 heavy (non-hydrogen) atoms. The van der Waals surface area contributed by atoms with E-state index in [-0.39, 0.29) is 5.91 Å². The number of carbonyl (C=O) groups excluding carboxylic acids is 1. The zero-order valence-electron chi connectivity index (χ0n) is 10.3. The molecule has 1 aliphatic rings. The molecule has 92 valence electrons. The first kappa shape index (κ1) is 11.9. The SMILES string of the molecule is CN(C)C(=O)c1cccc(N2CCOCC2)c1. The first-order valence-electron chi connectivity index (χ1n) is 5.83. The van der Waals surface area contributed by atoms with Crippen molar-refractivity contribution in [3.05, 3.63) is 29.8 Å². The van der Waals surface area contributed by atoms with Crippen LogP contribution < -0.4 is 4.90 Å². The van der Waals surface area contributed by atoms with Crippen LogP contribution in [0.5, 0.6) is 0 Å². The van der Waals surface area contributed by atoms with Gasteiger partial charge in [-0.15, -0.1) is 0 Å². The zero-order valence-corrected chi connectivity index (χ0v) is 10.3. The molecule has 0 unspecified atom stereocenters. The van der Waals surface area contributed by atoms with Gasteiger partial charge in [0.1, 0.15) is 0 Å². The van der Waals surface area contributed by atoms with Crippen molar-refractivity contribution in [2.45, 2.75) is 0 Å². The topological polar surface area (TPSA) is 32.8 Å². The van der Waals surface area contributed by atoms with Crippen LogP contribution in [0.25, 0.3) is 0 Å². The van der Waals surface area contributed by atoms with E-state index in [1.165, 1.54) is 0 Å². The normalized spacial score (nSPS) is 15.8. The maximum atomic E-state index is 11.9. The summed E-state index contributed by atoms with van der Waals surface area (Å²) in [5.41, 5.74) is 1.83. The van der Waals surface area contributed by atoms with Gasteiger partial charge in [-0.05, 0) is 18.2 Å². The van der Waals surface area contributed by atoms with Crippen LogP contribution >= 0.6 is 0 Å². The average molecular weight is 234 g/mol. The van der Waals surface area contributed by atoms with E-state index in [9.17, 15) is 4.79 Å². The second-order valence-electron chi connectivity index (χ2n) is 4.35. The van der Waals surface area contributed by atoms with Crippen molar-refractivity contribution in [3.8, 4) is 0 Å². The Kier molecular flexibility index (Phi) is 3.64. The third-order valence-corrected chi connectivity index (χ3v) is 2.88. The number of rotatable bonds is 2. The lowest BCUT2D eigenvalue weighted by atomic mass is 10.1. The number of benzene rings is 1. The summed E-state index contributed by atoms with van der Waals surface area (Å²) in [7, 11) is 3.54. The summed E-state index contributed by atoms with van der Waals surface area (Å²) >= 11 is 0. The minimum atomic E-state index is 0.0418. The molecule has 0 saturated carbocycles. The standard InChI is InChI=1S/C13H18N2O2/c1-14(2)13(16)11-4-3-5-12(10-11)15-6-8-17-9-7-15/h3-5,10H,6-9H2,1-2H3. The Morgan fingerprint density at radius 1 is 1.29 bits per heavy atom. The Bertz CT molecular complexity index is 398. The Labute approximate surface area is 102 Å². The molecule has 1 amide bonds. The predicted molar refractivity (Wildman–Crippen MR) is 67.5 cm³/mol. The quantitative estimate of drug-likeness (QED) is 0.771. The third kappa shape index (κ3) is 2.77. The van der Waals surface area contributed by atoms with Gasteiger partial charge in [0, 0.05) is 38.4 Å². The van der Waals surface area contributed by atoms with E-state index in [1.807, 2.05) is 24.3 Å². The molecule has 0 spiro atoms. The van der Waals surface area contributed by atoms with Crippen molar-refractivity contribution in [1.82, 2.24) is 4.90 Å². The number of amides is 1. The second kappa shape index (κ2) is 5.19. The van der Waals surface area contributed by atoms with Crippen LogP contribution in [0.3, 0.4) is 0 Å². The molecule has 2 rings (SSSR count). The summed E-state index contributed by atoms with van der Waals surface area (Å²) in [6, 6.07) is 7.78. The van der Waals surface area contributed by atoms with Crippen LogP contribution in [0, 0.1) is 0 Å². The first-order chi connectivity index (χ1) is 8.18. The van der Waals surface area contributed by atoms with Gasteiger partial charge in [-0.2, -0.15) is 0 Å². The van der Waals surface area contributed by atoms with Crippen LogP contribution in [0.1, 0.15) is 10.4 Å². The summed E-state index contributed by atoms with van der Waals surface area (Å²) in [5, 5.41) is 0. The van der Waals surface area contributed by atoms with E-state index < -0.39 is 0 Å². The molecule has 1 fully saturated rings. The van der Waals surface area contributed by atoms with Crippen molar-refractivity contribution in [3.63, 3.8) is 0 Å². The second-order valence-corrected chi connectivity index (χ2v) is 4.35. The van der Waals surface area contributed by atoms with Gasteiger partial charge in [-0.25, -0.2) is 0 Å². The van der Waals surface area contributed by atoms with E-state index in [0.29, 0.717) is 0 Å². The molecule has 0 atom stereocenters. The third-order valence-electron chi connectivity index (χ3n) is 2.88. The minimum absolute atomic E-state index is 0.0418. The summed E-state index contributed by atoms with van der Waals surface area (Å²) in [5.74, 6) is 0.0418. The van der Waals surface area contributed by atoms with Crippen molar-refractivity contribution in [1.29, 1.82) is 0 Å². The number of nitrogens with zero attached hydrogens (tertiary/aromatic N) is 2. The van der Waals surface area contributed by atoms with E-state index in [4.69, 9.17) is 4.74 Å². The van der Waals surface area contributed by atoms with Crippen LogP contribution in [0.4, 0.5) is 5.69 Å². The van der Waals surface area contributed by atoms with E-state index in [2.05, 4.69) is 4.90 Å². The van der Waals surface area contributed by atoms with Gasteiger partial charge < -0.3 is 14.5 Å². The van der Waals surface area contributed by atoms with Crippen molar-refractivity contribution in [2.75, 3.05) is 45.3 Å². The highest BCUT2D eigenvalue weighted by molar-refractivity contribution is 5.94. The van der Waals surface area contributed by atoms with Crippen molar-refractivity contribution >= 4 is 11.6 Å². The molecule has 1 aromatic rings. The fourth-order valence-corrected chi connectivity index (χ4v) is 1.92. The lowest BCUT2D eigenvalue weighted by Crippen LogP contribution is -2.36. The van der Waals surface area contributed by atoms with Gasteiger partial charge in [0.25, 0.3) is 5.91 Å². The maximum Gasteiger partial charge on any atom is 0.253 e. The monoisotopic (exact) mass is 234 g/mol. The van der Waals surface area contributed by atoms with Crippen molar-refractivity contribution < 1.29 is 9.53 Å². The molecular weight excluding hydrogens is 216 g/mol. The van der Waals surface area contributed by atoms with Gasteiger partial charge in [0.15, 0.2) is 0 Å². The smallest absolute Gasteiger partial charge is 0.253 e. The fourth-order valence-electron chi connectivity index (χ4n) is 1.92. The Hall–Kier alpha value is -1.55. The number of hydrogen-bond acceptors (Lipinski definition) is 3. The molecular formula is C13H18N2O2. The first-order valence-corrected chi connectivity index (χ1v) is 5.83. The van der Waals surface area contributed by atoms with Gasteiger partial charge in [-0.1, -0.05) is 6.07 Å². The molecule has 1 saturated heterocycles. The highest BCUT2D eigenvalue weighted by Crippen LogP contribution is 2.18. The minimum Gasteiger partial charge on any atom is -0.378 e. The van der Waals surface area contributed by atoms with Gasteiger partial charge in [0.2, 0.25) is 0 Å². The van der Waals surface area contributed by atoms with Crippen LogP contribution in [0.2, 0.25) is 0 Å². The van der Waals surface area contributed by atoms with Gasteiger partial charge >= 0.3 is 0 Å². The Morgan fingerprint density at radius 3 is 2.65 bits per heavy atom. The number of anilines is 1. The molecule has 0 bridgehead atoms. The summed E-state index contributed by atoms with van der Waals surface area (Å²) in [6.45, 7) is 3.29. The molecule has 4 nitrogen and oxygen atoms in total. The molecule has 0 aliphatic carbocycles. The van der Waals surface area contributed by atoms with E-state index >= 15 is 0 Å². The zero-order chi connectivity index (χ0) is 12.3. The summed E-state index contributed by atoms with van der Waals surface area (Å²) in [4.78, 5) is 15.7. The van der Waals surface area contributed by atoms with Gasteiger partial charge in [-0.3, -0.25) is 4.79 Å². The number of carbonyl (C=O) groups is 1. The number of hydrogen-bond donors (Lipinski definition) is 0. The molecule has 0 radical (unpaired) electrons. The number of ether oxygens (including phenoxy) is 1. The lowest BCUT2D eigenvalue weighted by molar-refractivity contribution is 0.0827. The van der Waals surface area contributed by atoms with Crippen LogP contribution in [-0.4, -0.2) is 51.2 Å². The molecule has 1 heterocycles. The lowest BCUT2D eigenvalue weighted by Gasteiger charge is -2.29. The molecule has 0 aromatic heterocycles. The molecule has 4 heteroatoms. The molecule has 1 aromatic carbocycles. The maximum absolute atomic E-state index is 11.9. The highest BCUT2D eigenvalue weighted by Gasteiger charge is 2.13.